The molecule has 6 nitrogen and oxygen atoms in total. The van der Waals surface area contributed by atoms with E-state index < -0.39 is 0 Å². The number of thiocarbonyl (C=S) groups is 1. The van der Waals surface area contributed by atoms with Gasteiger partial charge in [0.25, 0.3) is 5.91 Å². The minimum atomic E-state index is -0.334. The van der Waals surface area contributed by atoms with Gasteiger partial charge >= 0.3 is 0 Å². The number of hydrogen-bond donors (Lipinski definition) is 3. The molecule has 0 aromatic heterocycles. The molecule has 0 heterocycles. The first kappa shape index (κ1) is 23.4. The highest BCUT2D eigenvalue weighted by Crippen LogP contribution is 2.26. The number of halogens is 1. The quantitative estimate of drug-likeness (QED) is 0.338. The molecular weight excluding hydrogens is 446 g/mol. The number of benzene rings is 3. The van der Waals surface area contributed by atoms with Crippen molar-refractivity contribution in [3.8, 4) is 11.5 Å². The fourth-order valence-electron chi connectivity index (χ4n) is 2.94. The van der Waals surface area contributed by atoms with Crippen molar-refractivity contribution < 1.29 is 14.3 Å². The van der Waals surface area contributed by atoms with Crippen LogP contribution in [-0.2, 0) is 13.0 Å². The van der Waals surface area contributed by atoms with Crippen molar-refractivity contribution in [3.63, 3.8) is 0 Å². The van der Waals surface area contributed by atoms with Crippen LogP contribution in [0.2, 0.25) is 5.02 Å². The Kier molecular flexibility index (Phi) is 8.71. The number of para-hydroxylation sites is 1. The molecule has 0 radical (unpaired) electrons. The highest BCUT2D eigenvalue weighted by atomic mass is 35.5. The van der Waals surface area contributed by atoms with Crippen molar-refractivity contribution in [1.82, 2.24) is 16.2 Å². The smallest absolute Gasteiger partial charge is 0.269 e. The van der Waals surface area contributed by atoms with Crippen LogP contribution in [0.15, 0.2) is 72.8 Å². The van der Waals surface area contributed by atoms with E-state index in [4.69, 9.17) is 33.3 Å². The van der Waals surface area contributed by atoms with E-state index in [0.717, 1.165) is 6.42 Å². The molecule has 0 aliphatic heterocycles. The summed E-state index contributed by atoms with van der Waals surface area (Å²) >= 11 is 11.4. The summed E-state index contributed by atoms with van der Waals surface area (Å²) in [5.41, 5.74) is 7.67. The molecule has 3 N–H and O–H groups in total. The van der Waals surface area contributed by atoms with Crippen molar-refractivity contribution in [1.29, 1.82) is 0 Å². The van der Waals surface area contributed by atoms with Gasteiger partial charge in [0.15, 0.2) is 5.11 Å². The summed E-state index contributed by atoms with van der Waals surface area (Å²) in [5, 5.41) is 3.91. The Morgan fingerprint density at radius 1 is 0.969 bits per heavy atom. The summed E-state index contributed by atoms with van der Waals surface area (Å²) in [6.07, 6.45) is 0.823. The van der Waals surface area contributed by atoms with Crippen LogP contribution in [0.25, 0.3) is 0 Å². The lowest BCUT2D eigenvalue weighted by Crippen LogP contribution is -2.47. The molecule has 0 aliphatic rings. The highest BCUT2D eigenvalue weighted by Gasteiger charge is 2.12. The van der Waals surface area contributed by atoms with Crippen LogP contribution in [0.3, 0.4) is 0 Å². The molecule has 1 amide bonds. The molecule has 166 valence electrons. The summed E-state index contributed by atoms with van der Waals surface area (Å²) in [4.78, 5) is 12.6. The lowest BCUT2D eigenvalue weighted by molar-refractivity contribution is 0.0943. The fraction of sp³-hybridized carbons (Fsp3) is 0.167. The van der Waals surface area contributed by atoms with Crippen LogP contribution in [0, 0.1) is 0 Å². The zero-order valence-electron chi connectivity index (χ0n) is 17.6. The third kappa shape index (κ3) is 6.87. The van der Waals surface area contributed by atoms with E-state index in [0.29, 0.717) is 39.3 Å². The van der Waals surface area contributed by atoms with Crippen molar-refractivity contribution in [2.75, 3.05) is 13.7 Å². The first-order valence-electron chi connectivity index (χ1n) is 9.99. The van der Waals surface area contributed by atoms with Gasteiger partial charge in [0, 0.05) is 17.7 Å². The van der Waals surface area contributed by atoms with E-state index >= 15 is 0 Å². The summed E-state index contributed by atoms with van der Waals surface area (Å²) in [6, 6.07) is 22.4. The lowest BCUT2D eigenvalue weighted by atomic mass is 10.1. The van der Waals surface area contributed by atoms with Crippen LogP contribution in [0.4, 0.5) is 0 Å². The van der Waals surface area contributed by atoms with E-state index in [1.54, 1.807) is 37.4 Å². The van der Waals surface area contributed by atoms with Gasteiger partial charge in [-0.25, -0.2) is 0 Å². The van der Waals surface area contributed by atoms with Gasteiger partial charge in [0.05, 0.1) is 12.1 Å². The Hall–Kier alpha value is -3.29. The Bertz CT molecular complexity index is 1060. The van der Waals surface area contributed by atoms with Crippen molar-refractivity contribution in [3.05, 3.63) is 94.5 Å². The largest absolute Gasteiger partial charge is 0.496 e. The molecule has 0 fully saturated rings. The summed E-state index contributed by atoms with van der Waals surface area (Å²) in [6.45, 7) is 0.846. The Balaban J connectivity index is 1.52. The number of methoxy groups -OCH3 is 1. The Labute approximate surface area is 197 Å². The van der Waals surface area contributed by atoms with E-state index in [9.17, 15) is 4.79 Å². The normalized spacial score (nSPS) is 10.2. The van der Waals surface area contributed by atoms with Crippen LogP contribution in [-0.4, -0.2) is 24.7 Å². The molecule has 0 saturated heterocycles. The van der Waals surface area contributed by atoms with Crippen LogP contribution >= 0.6 is 23.8 Å². The molecule has 3 rings (SSSR count). The van der Waals surface area contributed by atoms with Crippen molar-refractivity contribution >= 4 is 34.8 Å². The Morgan fingerprint density at radius 2 is 1.72 bits per heavy atom. The number of carbonyl (C=O) groups excluding carboxylic acids is 1. The first-order valence-corrected chi connectivity index (χ1v) is 10.8. The van der Waals surface area contributed by atoms with E-state index in [2.05, 4.69) is 28.3 Å². The van der Waals surface area contributed by atoms with Gasteiger partial charge in [-0.1, -0.05) is 54.1 Å². The fourth-order valence-corrected chi connectivity index (χ4v) is 3.29. The first-order chi connectivity index (χ1) is 15.6. The second kappa shape index (κ2) is 11.9. The predicted molar refractivity (Wildman–Crippen MR) is 130 cm³/mol. The molecule has 0 aliphatic carbocycles. The second-order valence-corrected chi connectivity index (χ2v) is 7.63. The topological polar surface area (TPSA) is 71.6 Å². The molecule has 3 aromatic carbocycles. The third-order valence-electron chi connectivity index (χ3n) is 4.59. The van der Waals surface area contributed by atoms with Crippen LogP contribution in [0.1, 0.15) is 21.5 Å². The van der Waals surface area contributed by atoms with E-state index in [1.807, 2.05) is 30.3 Å². The molecule has 0 saturated carbocycles. The molecule has 0 unspecified atom stereocenters. The van der Waals surface area contributed by atoms with Crippen LogP contribution in [0.5, 0.6) is 11.5 Å². The van der Waals surface area contributed by atoms with Gasteiger partial charge in [-0.15, -0.1) is 0 Å². The Morgan fingerprint density at radius 3 is 2.47 bits per heavy atom. The average molecular weight is 470 g/mol. The SMILES string of the molecule is COc1ccc(C(=O)NNC(=S)NCCc2ccccc2)cc1COc1ccccc1Cl. The van der Waals surface area contributed by atoms with Gasteiger partial charge in [0.1, 0.15) is 18.1 Å². The number of hydrogen-bond acceptors (Lipinski definition) is 4. The number of ether oxygens (including phenoxy) is 2. The van der Waals surface area contributed by atoms with E-state index in [1.165, 1.54) is 5.56 Å². The summed E-state index contributed by atoms with van der Waals surface area (Å²) < 4.78 is 11.2. The third-order valence-corrected chi connectivity index (χ3v) is 5.15. The van der Waals surface area contributed by atoms with Gasteiger partial charge in [-0.3, -0.25) is 15.6 Å². The van der Waals surface area contributed by atoms with Gasteiger partial charge in [-0.05, 0) is 54.5 Å². The highest BCUT2D eigenvalue weighted by molar-refractivity contribution is 7.80. The van der Waals surface area contributed by atoms with Gasteiger partial charge < -0.3 is 14.8 Å². The number of amides is 1. The molecular formula is C24H24ClN3O3S. The zero-order valence-corrected chi connectivity index (χ0v) is 19.1. The summed E-state index contributed by atoms with van der Waals surface area (Å²) in [5.74, 6) is 0.832. The molecule has 0 bridgehead atoms. The molecule has 8 heteroatoms. The molecule has 0 atom stereocenters. The zero-order chi connectivity index (χ0) is 22.8. The van der Waals surface area contributed by atoms with Gasteiger partial charge in [0.2, 0.25) is 0 Å². The molecule has 32 heavy (non-hydrogen) atoms. The average Bonchev–Trinajstić information content (AvgIpc) is 2.82. The molecule has 3 aromatic rings. The maximum absolute atomic E-state index is 12.6. The van der Waals surface area contributed by atoms with E-state index in [-0.39, 0.29) is 12.5 Å². The maximum atomic E-state index is 12.6. The summed E-state index contributed by atoms with van der Waals surface area (Å²) in [7, 11) is 1.56. The molecule has 0 spiro atoms. The monoisotopic (exact) mass is 469 g/mol. The minimum Gasteiger partial charge on any atom is -0.496 e. The maximum Gasteiger partial charge on any atom is 0.269 e. The number of nitrogens with one attached hydrogen (secondary N) is 3. The number of rotatable bonds is 8. The standard InChI is InChI=1S/C24H24ClN3O3S/c1-30-21-12-11-18(15-19(21)16-31-22-10-6-5-9-20(22)25)23(29)27-28-24(32)26-14-13-17-7-3-2-4-8-17/h2-12,15H,13-14,16H2,1H3,(H,27,29)(H2,26,28,32). The number of carbonyl (C=O) groups is 1. The predicted octanol–water partition coefficient (Wildman–Crippen LogP) is 4.28. The van der Waals surface area contributed by atoms with Gasteiger partial charge in [-0.2, -0.15) is 0 Å². The van der Waals surface area contributed by atoms with Crippen molar-refractivity contribution in [2.24, 2.45) is 0 Å². The second-order valence-electron chi connectivity index (χ2n) is 6.82. The lowest BCUT2D eigenvalue weighted by Gasteiger charge is -2.14. The number of hydrazine groups is 1. The minimum absolute atomic E-state index is 0.195. The van der Waals surface area contributed by atoms with Crippen LogP contribution < -0.4 is 25.6 Å². The van der Waals surface area contributed by atoms with Crippen molar-refractivity contribution in [2.45, 2.75) is 13.0 Å².